The maximum Gasteiger partial charge on any atom is 0.466 e. The highest BCUT2D eigenvalue weighted by Gasteiger charge is 2.00. The third-order valence-electron chi connectivity index (χ3n) is 0. The maximum atomic E-state index is 8.88. The average molecular weight is 117 g/mol. The Balaban J connectivity index is 0. The molecular weight excluding hydrogens is 109 g/mol. The monoisotopic (exact) mass is 117 g/mol. The number of hydrogen-bond acceptors (Lipinski definition) is 2. The highest BCUT2D eigenvalue weighted by Crippen LogP contribution is 2.25. The number of hydrogen-bond donors (Lipinski definition) is 4. The van der Waals surface area contributed by atoms with Crippen LogP contribution in [-0.2, 0) is 4.57 Å². The molecule has 0 radical (unpaired) electrons. The van der Waals surface area contributed by atoms with Gasteiger partial charge in [-0.1, -0.05) is 0 Å². The van der Waals surface area contributed by atoms with Gasteiger partial charge in [0.1, 0.15) is 2.82 Å². The lowest BCUT2D eigenvalue weighted by Crippen LogP contribution is -1.66. The number of phosphoric acid groups is 1. The SMILES string of the molecule is O=P(O)(O)O.[2H]N[2H]. The van der Waals surface area contributed by atoms with Gasteiger partial charge in [0.15, 0.2) is 0 Å². The van der Waals surface area contributed by atoms with Gasteiger partial charge in [0.25, 0.3) is 0 Å². The second-order valence-corrected chi connectivity index (χ2v) is 1.54. The lowest BCUT2D eigenvalue weighted by molar-refractivity contribution is 0.275. The second-order valence-electron chi connectivity index (χ2n) is 0.513. The van der Waals surface area contributed by atoms with E-state index in [0.717, 1.165) is 0 Å². The highest BCUT2D eigenvalue weighted by atomic mass is 31.2. The third-order valence-corrected chi connectivity index (χ3v) is 0. The van der Waals surface area contributed by atoms with Crippen LogP contribution in [-0.4, -0.2) is 14.7 Å². The molecule has 0 fully saturated rings. The summed E-state index contributed by atoms with van der Waals surface area (Å²) in [5, 5.41) is 0. The van der Waals surface area contributed by atoms with E-state index in [1.807, 2.05) is 0 Å². The Morgan fingerprint density at radius 3 is 1.67 bits per heavy atom. The van der Waals surface area contributed by atoms with Gasteiger partial charge in [0.05, 0.1) is 0 Å². The Hall–Kier alpha value is 0.0700. The van der Waals surface area contributed by atoms with E-state index < -0.39 is 7.82 Å². The Bertz CT molecular complexity index is 69.8. The van der Waals surface area contributed by atoms with Crippen molar-refractivity contribution < 1.29 is 22.1 Å². The third kappa shape index (κ3) is 7830. The van der Waals surface area contributed by atoms with Crippen molar-refractivity contribution in [3.8, 4) is 0 Å². The van der Waals surface area contributed by atoms with Crippen LogP contribution >= 0.6 is 7.82 Å². The first kappa shape index (κ1) is 4.23. The van der Waals surface area contributed by atoms with Crippen LogP contribution < -0.4 is 6.14 Å². The van der Waals surface area contributed by atoms with Crippen molar-refractivity contribution in [1.29, 1.82) is 0 Å². The van der Waals surface area contributed by atoms with Gasteiger partial charge in [-0.15, -0.1) is 0 Å². The van der Waals surface area contributed by atoms with Crippen molar-refractivity contribution in [1.82, 2.24) is 6.14 Å². The molecule has 0 aromatic carbocycles. The van der Waals surface area contributed by atoms with E-state index in [1.54, 1.807) is 0 Å². The molecule has 0 aromatic rings. The largest absolute Gasteiger partial charge is 0.466 e. The standard InChI is InChI=1S/H3N.H3O4P/c;1-5(2,3)4/h1H3;(H3,1,2,3,4)/i/hD2. The first-order valence-corrected chi connectivity index (χ1v) is 2.35. The first-order valence-electron chi connectivity index (χ1n) is 1.78. The molecule has 0 spiro atoms. The van der Waals surface area contributed by atoms with Crippen LogP contribution in [0.3, 0.4) is 0 Å². The van der Waals surface area contributed by atoms with Crippen LogP contribution in [0.4, 0.5) is 0 Å². The molecule has 6 heteroatoms. The summed E-state index contributed by atoms with van der Waals surface area (Å²) in [6.45, 7) is 0. The molecule has 40 valence electrons. The molecule has 0 heterocycles. The van der Waals surface area contributed by atoms with Crippen LogP contribution in [0.5, 0.6) is 0 Å². The normalized spacial score (nSPS) is 13.2. The molecule has 0 atom stereocenters. The fourth-order valence-corrected chi connectivity index (χ4v) is 0. The van der Waals surface area contributed by atoms with Crippen LogP contribution in [0.1, 0.15) is 0 Å². The lowest BCUT2D eigenvalue weighted by atomic mass is 14.0. The highest BCUT2D eigenvalue weighted by molar-refractivity contribution is 7.45. The molecule has 6 heavy (non-hydrogen) atoms. The minimum absolute atomic E-state index is 1.25. The van der Waals surface area contributed by atoms with Gasteiger partial charge in [0, 0.05) is 0 Å². The molecule has 6 N–H and O–H groups in total. The van der Waals surface area contributed by atoms with Gasteiger partial charge < -0.3 is 20.8 Å². The van der Waals surface area contributed by atoms with E-state index in [-0.39, 0.29) is 0 Å². The Labute approximate surface area is 37.4 Å². The summed E-state index contributed by atoms with van der Waals surface area (Å²) in [5.74, 6) is 0. The van der Waals surface area contributed by atoms with E-state index >= 15 is 0 Å². The zero-order valence-corrected chi connectivity index (χ0v) is 3.59. The Kier molecular flexibility index (Phi) is 1.61. The molecule has 5 nitrogen and oxygen atoms in total. The van der Waals surface area contributed by atoms with Crippen molar-refractivity contribution >= 4 is 7.82 Å². The summed E-state index contributed by atoms with van der Waals surface area (Å²) in [6.07, 6.45) is 1.25. The van der Waals surface area contributed by atoms with Crippen molar-refractivity contribution in [2.45, 2.75) is 0 Å². The smallest absolute Gasteiger partial charge is 0.344 e. The zero-order chi connectivity index (χ0) is 7.21. The van der Waals surface area contributed by atoms with E-state index in [1.165, 1.54) is 6.14 Å². The van der Waals surface area contributed by atoms with Gasteiger partial charge in [-0.05, 0) is 0 Å². The van der Waals surface area contributed by atoms with E-state index in [2.05, 4.69) is 0 Å². The molecule has 0 aliphatic rings. The fourth-order valence-electron chi connectivity index (χ4n) is 0. The second kappa shape index (κ2) is 2.28. The van der Waals surface area contributed by atoms with Crippen molar-refractivity contribution in [3.05, 3.63) is 0 Å². The van der Waals surface area contributed by atoms with E-state index in [4.69, 9.17) is 22.1 Å². The molecule has 0 bridgehead atoms. The minimum Gasteiger partial charge on any atom is -0.344 e. The first-order chi connectivity index (χ1) is 3.41. The van der Waals surface area contributed by atoms with Gasteiger partial charge in [-0.25, -0.2) is 4.57 Å². The van der Waals surface area contributed by atoms with Crippen LogP contribution in [0, 0.1) is 0 Å². The molecule has 0 aliphatic heterocycles. The topological polar surface area (TPSA) is 113 Å². The molecule has 0 unspecified atom stereocenters. The molecule has 0 saturated carbocycles. The van der Waals surface area contributed by atoms with Gasteiger partial charge >= 0.3 is 7.82 Å². The van der Waals surface area contributed by atoms with Gasteiger partial charge in [-0.2, -0.15) is 0 Å². The van der Waals surface area contributed by atoms with Crippen molar-refractivity contribution in [2.75, 3.05) is 0 Å². The molecule has 0 amide bonds. The summed E-state index contributed by atoms with van der Waals surface area (Å²) in [7, 11) is -4.64. The molecule has 0 aromatic heterocycles. The van der Waals surface area contributed by atoms with Crippen LogP contribution in [0.15, 0.2) is 0 Å². The Morgan fingerprint density at radius 1 is 1.67 bits per heavy atom. The molecule has 0 saturated heterocycles. The number of rotatable bonds is 0. The van der Waals surface area contributed by atoms with Gasteiger partial charge in [0.2, 0.25) is 0 Å². The summed E-state index contributed by atoms with van der Waals surface area (Å²) in [6, 6.07) is 0. The lowest BCUT2D eigenvalue weighted by Gasteiger charge is -1.82. The van der Waals surface area contributed by atoms with Crippen molar-refractivity contribution in [2.24, 2.45) is 0 Å². The predicted molar refractivity (Wildman–Crippen MR) is 19.3 cm³/mol. The quantitative estimate of drug-likeness (QED) is 0.311. The molecule has 0 rings (SSSR count). The van der Waals surface area contributed by atoms with E-state index in [0.29, 0.717) is 0 Å². The Morgan fingerprint density at radius 2 is 1.67 bits per heavy atom. The zero-order valence-electron chi connectivity index (χ0n) is 4.70. The summed E-state index contributed by atoms with van der Waals surface area (Å²) in [4.78, 5) is 21.6. The maximum absolute atomic E-state index is 8.88. The molecular formula is H6NO4P. The summed E-state index contributed by atoms with van der Waals surface area (Å²) < 4.78 is 20.1. The molecule has 0 aliphatic carbocycles. The average Bonchev–Trinajstić information content (AvgIpc) is 1.27. The summed E-state index contributed by atoms with van der Waals surface area (Å²) in [5.41, 5.74) is 0. The fraction of sp³-hybridized carbons (Fsp3) is 0. The minimum atomic E-state index is -4.64. The van der Waals surface area contributed by atoms with Crippen LogP contribution in [0.25, 0.3) is 0 Å². The van der Waals surface area contributed by atoms with Crippen LogP contribution in [0.2, 0.25) is 2.82 Å². The summed E-state index contributed by atoms with van der Waals surface area (Å²) >= 11 is 0. The predicted octanol–water partition coefficient (Wildman–Crippen LogP) is -0.767. The van der Waals surface area contributed by atoms with Gasteiger partial charge in [-0.3, -0.25) is 0 Å². The van der Waals surface area contributed by atoms with E-state index in [9.17, 15) is 0 Å². The van der Waals surface area contributed by atoms with Crippen molar-refractivity contribution in [3.63, 3.8) is 0 Å².